The van der Waals surface area contributed by atoms with E-state index in [1.165, 1.54) is 12.3 Å². The Kier molecular flexibility index (Phi) is 3.37. The maximum Gasteiger partial charge on any atom is 0.416 e. The number of benzene rings is 2. The summed E-state index contributed by atoms with van der Waals surface area (Å²) >= 11 is 0. The van der Waals surface area contributed by atoms with Crippen molar-refractivity contribution in [1.29, 1.82) is 0 Å². The maximum absolute atomic E-state index is 12.9. The van der Waals surface area contributed by atoms with Crippen LogP contribution in [-0.2, 0) is 17.4 Å². The van der Waals surface area contributed by atoms with Crippen LogP contribution in [-0.4, -0.2) is 10.9 Å². The third-order valence-corrected chi connectivity index (χ3v) is 4.27. The predicted molar refractivity (Wildman–Crippen MR) is 88.2 cm³/mol. The summed E-state index contributed by atoms with van der Waals surface area (Å²) in [6.45, 7) is 0. The number of carbonyl (C=O) groups excluding carboxylic acids is 1. The van der Waals surface area contributed by atoms with Crippen LogP contribution < -0.4 is 4.90 Å². The van der Waals surface area contributed by atoms with Crippen LogP contribution in [0.4, 0.5) is 24.5 Å². The highest BCUT2D eigenvalue weighted by molar-refractivity contribution is 5.97. The highest BCUT2D eigenvalue weighted by Crippen LogP contribution is 2.42. The maximum atomic E-state index is 12.9. The predicted octanol–water partition coefficient (Wildman–Crippen LogP) is 4.66. The molecule has 6 heteroatoms. The Labute approximate surface area is 141 Å². The quantitative estimate of drug-likeness (QED) is 0.604. The number of allylic oxidation sites excluding steroid dienone is 1. The number of hydrogen-bond acceptors (Lipinski definition) is 3. The SMILES string of the molecule is O=C=C1Cc2ccccc2N1c1ccnc2cc(C(F)(F)F)ccc12. The molecule has 3 nitrogen and oxygen atoms in total. The highest BCUT2D eigenvalue weighted by atomic mass is 19.4. The van der Waals surface area contributed by atoms with Gasteiger partial charge in [0.05, 0.1) is 22.5 Å². The summed E-state index contributed by atoms with van der Waals surface area (Å²) in [4.78, 5) is 17.2. The minimum atomic E-state index is -4.43. The number of fused-ring (bicyclic) bond motifs is 2. The summed E-state index contributed by atoms with van der Waals surface area (Å²) in [7, 11) is 0. The van der Waals surface area contributed by atoms with Gasteiger partial charge < -0.3 is 4.90 Å². The molecule has 0 radical (unpaired) electrons. The van der Waals surface area contributed by atoms with Gasteiger partial charge in [0.1, 0.15) is 11.6 Å². The molecule has 1 aliphatic heterocycles. The Bertz CT molecular complexity index is 1040. The van der Waals surface area contributed by atoms with Gasteiger partial charge in [-0.1, -0.05) is 24.3 Å². The molecule has 25 heavy (non-hydrogen) atoms. The van der Waals surface area contributed by atoms with Crippen LogP contribution in [0.2, 0.25) is 0 Å². The molecule has 4 rings (SSSR count). The lowest BCUT2D eigenvalue weighted by Gasteiger charge is -2.21. The second-order valence-corrected chi connectivity index (χ2v) is 5.75. The van der Waals surface area contributed by atoms with Crippen molar-refractivity contribution < 1.29 is 18.0 Å². The van der Waals surface area contributed by atoms with Crippen LogP contribution in [0.5, 0.6) is 0 Å². The molecule has 3 aromatic rings. The number of para-hydroxylation sites is 1. The van der Waals surface area contributed by atoms with E-state index in [0.717, 1.165) is 23.4 Å². The van der Waals surface area contributed by atoms with Gasteiger partial charge in [-0.05, 0) is 29.8 Å². The topological polar surface area (TPSA) is 33.2 Å². The molecule has 0 unspecified atom stereocenters. The Balaban J connectivity index is 1.94. The van der Waals surface area contributed by atoms with Crippen molar-refractivity contribution in [2.45, 2.75) is 12.6 Å². The van der Waals surface area contributed by atoms with Gasteiger partial charge in [0.15, 0.2) is 0 Å². The third kappa shape index (κ3) is 2.47. The summed E-state index contributed by atoms with van der Waals surface area (Å²) in [6.07, 6.45) is -2.55. The number of aromatic nitrogens is 1. The van der Waals surface area contributed by atoms with Gasteiger partial charge in [-0.3, -0.25) is 4.98 Å². The first kappa shape index (κ1) is 15.4. The number of pyridine rings is 1. The molecule has 0 amide bonds. The zero-order valence-electron chi connectivity index (χ0n) is 12.8. The summed E-state index contributed by atoms with van der Waals surface area (Å²) in [5.41, 5.74) is 2.31. The van der Waals surface area contributed by atoms with E-state index in [1.807, 2.05) is 30.2 Å². The van der Waals surface area contributed by atoms with Gasteiger partial charge in [0.2, 0.25) is 0 Å². The summed E-state index contributed by atoms with van der Waals surface area (Å²) in [6, 6.07) is 12.6. The minimum Gasteiger partial charge on any atom is -0.303 e. The van der Waals surface area contributed by atoms with E-state index in [2.05, 4.69) is 4.98 Å². The van der Waals surface area contributed by atoms with Crippen molar-refractivity contribution in [1.82, 2.24) is 4.98 Å². The lowest BCUT2D eigenvalue weighted by molar-refractivity contribution is -0.137. The van der Waals surface area contributed by atoms with E-state index in [-0.39, 0.29) is 5.52 Å². The van der Waals surface area contributed by atoms with Gasteiger partial charge >= 0.3 is 6.18 Å². The number of nitrogens with zero attached hydrogens (tertiary/aromatic N) is 2. The zero-order valence-corrected chi connectivity index (χ0v) is 12.8. The second-order valence-electron chi connectivity index (χ2n) is 5.75. The molecule has 0 N–H and O–H groups in total. The number of halogens is 3. The fourth-order valence-corrected chi connectivity index (χ4v) is 3.14. The number of hydrogen-bond donors (Lipinski definition) is 0. The molecule has 0 atom stereocenters. The Morgan fingerprint density at radius 2 is 1.84 bits per heavy atom. The monoisotopic (exact) mass is 340 g/mol. The van der Waals surface area contributed by atoms with Crippen molar-refractivity contribution in [2.75, 3.05) is 4.90 Å². The Morgan fingerprint density at radius 1 is 1.04 bits per heavy atom. The first-order valence-corrected chi connectivity index (χ1v) is 7.57. The fraction of sp³-hybridized carbons (Fsp3) is 0.105. The number of alkyl halides is 3. The molecule has 0 fully saturated rings. The van der Waals surface area contributed by atoms with Gasteiger partial charge in [0.25, 0.3) is 0 Å². The fourth-order valence-electron chi connectivity index (χ4n) is 3.14. The lowest BCUT2D eigenvalue weighted by Crippen LogP contribution is -2.13. The van der Waals surface area contributed by atoms with Crippen LogP contribution in [0.15, 0.2) is 60.4 Å². The van der Waals surface area contributed by atoms with Gasteiger partial charge in [-0.15, -0.1) is 0 Å². The minimum absolute atomic E-state index is 0.224. The van der Waals surface area contributed by atoms with Crippen molar-refractivity contribution in [3.05, 3.63) is 71.6 Å². The number of anilines is 2. The molecular formula is C19H11F3N2O. The van der Waals surface area contributed by atoms with Crippen LogP contribution >= 0.6 is 0 Å². The first-order valence-electron chi connectivity index (χ1n) is 7.57. The first-order chi connectivity index (χ1) is 12.0. The molecule has 0 aliphatic carbocycles. The zero-order chi connectivity index (χ0) is 17.6. The van der Waals surface area contributed by atoms with Crippen LogP contribution in [0, 0.1) is 0 Å². The molecule has 2 aromatic carbocycles. The number of rotatable bonds is 1. The molecule has 0 saturated heterocycles. The Hall–Kier alpha value is -3.11. The van der Waals surface area contributed by atoms with Gasteiger partial charge in [-0.25, -0.2) is 4.79 Å². The van der Waals surface area contributed by atoms with Crippen molar-refractivity contribution in [3.63, 3.8) is 0 Å². The summed E-state index contributed by atoms with van der Waals surface area (Å²) in [5, 5.41) is 0.542. The van der Waals surface area contributed by atoms with Crippen LogP contribution in [0.25, 0.3) is 10.9 Å². The van der Waals surface area contributed by atoms with Crippen molar-refractivity contribution in [3.8, 4) is 0 Å². The van der Waals surface area contributed by atoms with Gasteiger partial charge in [0, 0.05) is 18.0 Å². The van der Waals surface area contributed by atoms with Crippen LogP contribution in [0.1, 0.15) is 11.1 Å². The second kappa shape index (κ2) is 5.46. The molecule has 0 saturated carbocycles. The Morgan fingerprint density at radius 3 is 2.60 bits per heavy atom. The highest BCUT2D eigenvalue weighted by Gasteiger charge is 2.32. The molecule has 0 bridgehead atoms. The molecule has 0 spiro atoms. The third-order valence-electron chi connectivity index (χ3n) is 4.27. The average molecular weight is 340 g/mol. The lowest BCUT2D eigenvalue weighted by atomic mass is 10.1. The standard InChI is InChI=1S/C19H11F3N2O/c20-19(21,22)13-5-6-15-16(10-13)23-8-7-18(15)24-14(11-25)9-12-3-1-2-4-17(12)24/h1-8,10H,9H2. The summed E-state index contributed by atoms with van der Waals surface area (Å²) in [5.74, 6) is 1.95. The smallest absolute Gasteiger partial charge is 0.303 e. The average Bonchev–Trinajstić information content (AvgIpc) is 2.98. The molecule has 124 valence electrons. The van der Waals surface area contributed by atoms with E-state index >= 15 is 0 Å². The van der Waals surface area contributed by atoms with E-state index in [1.54, 1.807) is 11.0 Å². The van der Waals surface area contributed by atoms with Crippen molar-refractivity contribution >= 4 is 28.2 Å². The summed E-state index contributed by atoms with van der Waals surface area (Å²) < 4.78 is 38.8. The van der Waals surface area contributed by atoms with Gasteiger partial charge in [-0.2, -0.15) is 13.2 Å². The molecule has 2 heterocycles. The van der Waals surface area contributed by atoms with E-state index in [9.17, 15) is 18.0 Å². The normalized spacial score (nSPS) is 13.9. The van der Waals surface area contributed by atoms with E-state index < -0.39 is 11.7 Å². The van der Waals surface area contributed by atoms with Crippen LogP contribution in [0.3, 0.4) is 0 Å². The molecular weight excluding hydrogens is 329 g/mol. The molecule has 1 aromatic heterocycles. The van der Waals surface area contributed by atoms with E-state index in [0.29, 0.717) is 23.2 Å². The van der Waals surface area contributed by atoms with Crippen molar-refractivity contribution in [2.24, 2.45) is 0 Å². The molecule has 1 aliphatic rings. The van der Waals surface area contributed by atoms with E-state index in [4.69, 9.17) is 0 Å². The largest absolute Gasteiger partial charge is 0.416 e.